The number of carbonyl (C=O) groups is 1. The van der Waals surface area contributed by atoms with E-state index in [4.69, 9.17) is 0 Å². The van der Waals surface area contributed by atoms with Crippen LogP contribution in [0.1, 0.15) is 12.0 Å². The summed E-state index contributed by atoms with van der Waals surface area (Å²) in [6.45, 7) is 0.573. The molecule has 1 aromatic heterocycles. The molecule has 0 radical (unpaired) electrons. The second-order valence-corrected chi connectivity index (χ2v) is 8.43. The molecular formula is C21H23N3O3S. The summed E-state index contributed by atoms with van der Waals surface area (Å²) in [5.74, 6) is -0.183. The molecule has 0 atom stereocenters. The summed E-state index contributed by atoms with van der Waals surface area (Å²) in [6.07, 6.45) is 3.57. The molecule has 7 heteroatoms. The third-order valence-corrected chi connectivity index (χ3v) is 5.58. The van der Waals surface area contributed by atoms with Crippen molar-refractivity contribution in [3.05, 3.63) is 72.4 Å². The lowest BCUT2D eigenvalue weighted by molar-refractivity contribution is -0.120. The van der Waals surface area contributed by atoms with E-state index in [-0.39, 0.29) is 18.9 Å². The number of amides is 1. The normalized spacial score (nSPS) is 11.3. The maximum absolute atomic E-state index is 12.4. The molecule has 3 aromatic rings. The topological polar surface area (TPSA) is 79.4 Å². The highest BCUT2D eigenvalue weighted by Gasteiger charge is 2.21. The largest absolute Gasteiger partial charge is 0.356 e. The van der Waals surface area contributed by atoms with E-state index < -0.39 is 10.0 Å². The van der Waals surface area contributed by atoms with Crippen LogP contribution in [0.15, 0.2) is 66.9 Å². The first-order valence-electron chi connectivity index (χ1n) is 9.07. The van der Waals surface area contributed by atoms with E-state index >= 15 is 0 Å². The molecule has 0 aliphatic heterocycles. The zero-order valence-corrected chi connectivity index (χ0v) is 16.5. The highest BCUT2D eigenvalue weighted by Crippen LogP contribution is 2.26. The molecule has 0 aliphatic carbocycles. The molecule has 0 saturated carbocycles. The first kappa shape index (κ1) is 19.8. The standard InChI is InChI=1S/C21H23N3O3S/c1-28(26,27)24(19-11-5-9-18-10-6-14-23-21(18)19)16-13-20(25)22-15-12-17-7-3-2-4-8-17/h2-11,14H,12-13,15-16H2,1H3,(H,22,25). The van der Waals surface area contributed by atoms with Gasteiger partial charge in [-0.2, -0.15) is 0 Å². The summed E-state index contributed by atoms with van der Waals surface area (Å²) < 4.78 is 26.0. The molecule has 0 bridgehead atoms. The molecule has 28 heavy (non-hydrogen) atoms. The van der Waals surface area contributed by atoms with Gasteiger partial charge in [0.05, 0.1) is 17.5 Å². The Morgan fingerprint density at radius 2 is 1.79 bits per heavy atom. The smallest absolute Gasteiger partial charge is 0.232 e. The van der Waals surface area contributed by atoms with Gasteiger partial charge in [0.15, 0.2) is 0 Å². The molecule has 1 amide bonds. The van der Waals surface area contributed by atoms with Crippen molar-refractivity contribution in [2.45, 2.75) is 12.8 Å². The van der Waals surface area contributed by atoms with Crippen molar-refractivity contribution in [1.29, 1.82) is 0 Å². The van der Waals surface area contributed by atoms with Crippen molar-refractivity contribution in [1.82, 2.24) is 10.3 Å². The summed E-state index contributed by atoms with van der Waals surface area (Å²) >= 11 is 0. The number of aromatic nitrogens is 1. The molecule has 6 nitrogen and oxygen atoms in total. The van der Waals surface area contributed by atoms with Gasteiger partial charge in [0.1, 0.15) is 0 Å². The van der Waals surface area contributed by atoms with Crippen LogP contribution >= 0.6 is 0 Å². The van der Waals surface area contributed by atoms with Gasteiger partial charge in [-0.1, -0.05) is 48.5 Å². The van der Waals surface area contributed by atoms with Crippen LogP contribution in [0.3, 0.4) is 0 Å². The maximum Gasteiger partial charge on any atom is 0.232 e. The van der Waals surface area contributed by atoms with E-state index in [0.29, 0.717) is 17.7 Å². The van der Waals surface area contributed by atoms with Gasteiger partial charge in [-0.3, -0.25) is 14.1 Å². The molecule has 3 rings (SSSR count). The van der Waals surface area contributed by atoms with Gasteiger partial charge in [0.2, 0.25) is 15.9 Å². The second-order valence-electron chi connectivity index (χ2n) is 6.52. The summed E-state index contributed by atoms with van der Waals surface area (Å²) in [7, 11) is -3.56. The predicted molar refractivity (Wildman–Crippen MR) is 112 cm³/mol. The van der Waals surface area contributed by atoms with Gasteiger partial charge in [-0.15, -0.1) is 0 Å². The number of benzene rings is 2. The fourth-order valence-electron chi connectivity index (χ4n) is 3.04. The summed E-state index contributed by atoms with van der Waals surface area (Å²) in [5.41, 5.74) is 2.22. The van der Waals surface area contributed by atoms with Crippen LogP contribution < -0.4 is 9.62 Å². The zero-order valence-electron chi connectivity index (χ0n) is 15.7. The average Bonchev–Trinajstić information content (AvgIpc) is 2.68. The number of nitrogens with zero attached hydrogens (tertiary/aromatic N) is 2. The van der Waals surface area contributed by atoms with E-state index in [1.54, 1.807) is 24.4 Å². The Labute approximate surface area is 165 Å². The quantitative estimate of drug-likeness (QED) is 0.634. The predicted octanol–water partition coefficient (Wildman–Crippen LogP) is 2.75. The third kappa shape index (κ3) is 5.07. The van der Waals surface area contributed by atoms with Crippen LogP contribution in [0.4, 0.5) is 5.69 Å². The highest BCUT2D eigenvalue weighted by atomic mass is 32.2. The molecule has 0 spiro atoms. The number of hydrogen-bond donors (Lipinski definition) is 1. The number of rotatable bonds is 8. The number of nitrogens with one attached hydrogen (secondary N) is 1. The maximum atomic E-state index is 12.4. The number of hydrogen-bond acceptors (Lipinski definition) is 4. The van der Waals surface area contributed by atoms with Crippen LogP contribution in [0.5, 0.6) is 0 Å². The van der Waals surface area contributed by atoms with E-state index in [9.17, 15) is 13.2 Å². The van der Waals surface area contributed by atoms with Crippen molar-refractivity contribution in [2.24, 2.45) is 0 Å². The second kappa shape index (κ2) is 8.84. The number of pyridine rings is 1. The van der Waals surface area contributed by atoms with Gasteiger partial charge in [-0.25, -0.2) is 8.42 Å². The molecule has 0 aliphatic rings. The van der Waals surface area contributed by atoms with Crippen molar-refractivity contribution in [2.75, 3.05) is 23.7 Å². The Morgan fingerprint density at radius 1 is 1.04 bits per heavy atom. The molecule has 2 aromatic carbocycles. The first-order chi connectivity index (χ1) is 13.4. The van der Waals surface area contributed by atoms with Crippen molar-refractivity contribution in [3.8, 4) is 0 Å². The van der Waals surface area contributed by atoms with Crippen molar-refractivity contribution < 1.29 is 13.2 Å². The average molecular weight is 398 g/mol. The monoisotopic (exact) mass is 397 g/mol. The van der Waals surface area contributed by atoms with Crippen molar-refractivity contribution in [3.63, 3.8) is 0 Å². The Kier molecular flexibility index (Phi) is 6.26. The van der Waals surface area contributed by atoms with Gasteiger partial charge in [-0.05, 0) is 24.1 Å². The molecule has 0 unspecified atom stereocenters. The van der Waals surface area contributed by atoms with Crippen LogP contribution in [0.25, 0.3) is 10.9 Å². The summed E-state index contributed by atoms with van der Waals surface area (Å²) in [5, 5.41) is 3.70. The van der Waals surface area contributed by atoms with Gasteiger partial charge in [0.25, 0.3) is 0 Å². The lowest BCUT2D eigenvalue weighted by Crippen LogP contribution is -2.35. The Bertz CT molecular complexity index is 1050. The van der Waals surface area contributed by atoms with Crippen LogP contribution in [0.2, 0.25) is 0 Å². The van der Waals surface area contributed by atoms with Crippen LogP contribution in [0, 0.1) is 0 Å². The molecule has 146 valence electrons. The molecule has 1 heterocycles. The minimum absolute atomic E-state index is 0.0612. The van der Waals surface area contributed by atoms with Gasteiger partial charge in [0, 0.05) is 31.1 Å². The molecule has 1 N–H and O–H groups in total. The Hall–Kier alpha value is -2.93. The number of sulfonamides is 1. The van der Waals surface area contributed by atoms with Gasteiger partial charge < -0.3 is 5.32 Å². The molecular weight excluding hydrogens is 374 g/mol. The van der Waals surface area contributed by atoms with E-state index in [0.717, 1.165) is 23.6 Å². The molecule has 0 fully saturated rings. The minimum Gasteiger partial charge on any atom is -0.356 e. The first-order valence-corrected chi connectivity index (χ1v) is 10.9. The SMILES string of the molecule is CS(=O)(=O)N(CCC(=O)NCCc1ccccc1)c1cccc2cccnc12. The van der Waals surface area contributed by atoms with Crippen LogP contribution in [-0.2, 0) is 21.2 Å². The minimum atomic E-state index is -3.56. The Morgan fingerprint density at radius 3 is 2.54 bits per heavy atom. The number of fused-ring (bicyclic) bond motifs is 1. The number of para-hydroxylation sites is 1. The summed E-state index contributed by atoms with van der Waals surface area (Å²) in [6, 6.07) is 18.9. The number of carbonyl (C=O) groups excluding carboxylic acids is 1. The molecule has 0 saturated heterocycles. The fraction of sp³-hybridized carbons (Fsp3) is 0.238. The van der Waals surface area contributed by atoms with Crippen LogP contribution in [-0.4, -0.2) is 38.7 Å². The highest BCUT2D eigenvalue weighted by molar-refractivity contribution is 7.92. The van der Waals surface area contributed by atoms with E-state index in [2.05, 4.69) is 10.3 Å². The van der Waals surface area contributed by atoms with E-state index in [1.807, 2.05) is 42.5 Å². The number of anilines is 1. The lowest BCUT2D eigenvalue weighted by Gasteiger charge is -2.23. The van der Waals surface area contributed by atoms with Crippen molar-refractivity contribution >= 4 is 32.5 Å². The third-order valence-electron chi connectivity index (χ3n) is 4.40. The van der Waals surface area contributed by atoms with E-state index in [1.165, 1.54) is 4.31 Å². The Balaban J connectivity index is 1.66. The van der Waals surface area contributed by atoms with Gasteiger partial charge >= 0.3 is 0 Å². The summed E-state index contributed by atoms with van der Waals surface area (Å²) in [4.78, 5) is 16.5. The fourth-order valence-corrected chi connectivity index (χ4v) is 3.96. The lowest BCUT2D eigenvalue weighted by atomic mass is 10.1. The zero-order chi connectivity index (χ0) is 20.0.